The molecule has 2 aromatic rings. The maximum absolute atomic E-state index is 5.63. The second kappa shape index (κ2) is 5.08. The third-order valence-electron chi connectivity index (χ3n) is 2.67. The lowest BCUT2D eigenvalue weighted by Gasteiger charge is -2.22. The molecule has 0 bridgehead atoms. The Labute approximate surface area is 104 Å². The van der Waals surface area contributed by atoms with E-state index in [2.05, 4.69) is 10.3 Å². The predicted molar refractivity (Wildman–Crippen MR) is 67.3 cm³/mol. The molecule has 1 fully saturated rings. The summed E-state index contributed by atoms with van der Waals surface area (Å²) >= 11 is 1.61. The number of nitrogens with one attached hydrogen (secondary N) is 1. The molecule has 2 heterocycles. The summed E-state index contributed by atoms with van der Waals surface area (Å²) in [6, 6.07) is 7.82. The van der Waals surface area contributed by atoms with E-state index in [1.54, 1.807) is 11.8 Å². The Bertz CT molecular complexity index is 461. The van der Waals surface area contributed by atoms with Crippen molar-refractivity contribution >= 4 is 22.9 Å². The second-order valence-electron chi connectivity index (χ2n) is 3.96. The molecule has 4 nitrogen and oxygen atoms in total. The highest BCUT2D eigenvalue weighted by atomic mass is 32.2. The molecule has 1 aliphatic heterocycles. The van der Waals surface area contributed by atoms with Gasteiger partial charge in [0.15, 0.2) is 5.58 Å². The minimum absolute atomic E-state index is 0.253. The fourth-order valence-electron chi connectivity index (χ4n) is 1.80. The zero-order valence-electron chi connectivity index (χ0n) is 9.39. The first kappa shape index (κ1) is 11.1. The quantitative estimate of drug-likeness (QED) is 0.843. The number of benzene rings is 1. The summed E-state index contributed by atoms with van der Waals surface area (Å²) in [5, 5.41) is 4.03. The SMILES string of the molecule is c1ccc2oc(SCC3CNCCO3)nc2c1. The molecule has 1 N–H and O–H groups in total. The number of oxazole rings is 1. The van der Waals surface area contributed by atoms with Gasteiger partial charge >= 0.3 is 0 Å². The molecular formula is C12H14N2O2S. The summed E-state index contributed by atoms with van der Waals surface area (Å²) in [6.45, 7) is 2.65. The van der Waals surface area contributed by atoms with Gasteiger partial charge < -0.3 is 14.5 Å². The van der Waals surface area contributed by atoms with Gasteiger partial charge in [-0.2, -0.15) is 0 Å². The molecule has 1 unspecified atom stereocenters. The van der Waals surface area contributed by atoms with Crippen molar-refractivity contribution in [2.24, 2.45) is 0 Å². The number of rotatable bonds is 3. The van der Waals surface area contributed by atoms with Crippen molar-refractivity contribution in [3.63, 3.8) is 0 Å². The summed E-state index contributed by atoms with van der Waals surface area (Å²) in [5.74, 6) is 0.875. The van der Waals surface area contributed by atoms with E-state index in [0.29, 0.717) is 0 Å². The third-order valence-corrected chi connectivity index (χ3v) is 3.63. The van der Waals surface area contributed by atoms with Crippen LogP contribution in [-0.4, -0.2) is 36.5 Å². The summed E-state index contributed by atoms with van der Waals surface area (Å²) in [6.07, 6.45) is 0.253. The molecule has 3 rings (SSSR count). The molecular weight excluding hydrogens is 236 g/mol. The van der Waals surface area contributed by atoms with Gasteiger partial charge in [0.05, 0.1) is 12.7 Å². The van der Waals surface area contributed by atoms with Gasteiger partial charge in [-0.15, -0.1) is 0 Å². The Morgan fingerprint density at radius 1 is 1.41 bits per heavy atom. The molecule has 1 aromatic carbocycles. The molecule has 0 saturated carbocycles. The number of hydrogen-bond donors (Lipinski definition) is 1. The average Bonchev–Trinajstić information content (AvgIpc) is 2.80. The molecule has 1 aromatic heterocycles. The van der Waals surface area contributed by atoms with Gasteiger partial charge in [0.1, 0.15) is 5.52 Å². The molecule has 1 atom stereocenters. The van der Waals surface area contributed by atoms with Crippen LogP contribution >= 0.6 is 11.8 Å². The number of para-hydroxylation sites is 2. The van der Waals surface area contributed by atoms with E-state index < -0.39 is 0 Å². The van der Waals surface area contributed by atoms with E-state index in [0.717, 1.165) is 41.8 Å². The summed E-state index contributed by atoms with van der Waals surface area (Å²) < 4.78 is 11.3. The van der Waals surface area contributed by atoms with Crippen LogP contribution in [0.1, 0.15) is 0 Å². The lowest BCUT2D eigenvalue weighted by molar-refractivity contribution is 0.0440. The highest BCUT2D eigenvalue weighted by molar-refractivity contribution is 7.99. The van der Waals surface area contributed by atoms with Gasteiger partial charge in [0.25, 0.3) is 5.22 Å². The van der Waals surface area contributed by atoms with Gasteiger partial charge in [0.2, 0.25) is 0 Å². The fourth-order valence-corrected chi connectivity index (χ4v) is 2.66. The van der Waals surface area contributed by atoms with Gasteiger partial charge in [-0.25, -0.2) is 4.98 Å². The van der Waals surface area contributed by atoms with Gasteiger partial charge in [-0.3, -0.25) is 0 Å². The maximum atomic E-state index is 5.63. The molecule has 1 saturated heterocycles. The number of aromatic nitrogens is 1. The van der Waals surface area contributed by atoms with E-state index in [1.165, 1.54) is 0 Å². The lowest BCUT2D eigenvalue weighted by atomic mass is 10.3. The number of ether oxygens (including phenoxy) is 1. The van der Waals surface area contributed by atoms with Crippen LogP contribution in [0.15, 0.2) is 33.9 Å². The number of thioether (sulfide) groups is 1. The number of morpholine rings is 1. The van der Waals surface area contributed by atoms with Crippen LogP contribution in [0.5, 0.6) is 0 Å². The van der Waals surface area contributed by atoms with Crippen molar-refractivity contribution in [2.45, 2.75) is 11.3 Å². The first-order valence-electron chi connectivity index (χ1n) is 5.72. The first-order valence-corrected chi connectivity index (χ1v) is 6.71. The Hall–Kier alpha value is -1.04. The third kappa shape index (κ3) is 2.62. The Kier molecular flexibility index (Phi) is 3.31. The average molecular weight is 250 g/mol. The highest BCUT2D eigenvalue weighted by Gasteiger charge is 2.15. The van der Waals surface area contributed by atoms with Crippen molar-refractivity contribution in [3.8, 4) is 0 Å². The zero-order chi connectivity index (χ0) is 11.5. The zero-order valence-corrected chi connectivity index (χ0v) is 10.2. The summed E-state index contributed by atoms with van der Waals surface area (Å²) in [7, 11) is 0. The maximum Gasteiger partial charge on any atom is 0.256 e. The molecule has 5 heteroatoms. The van der Waals surface area contributed by atoms with Crippen LogP contribution in [0.3, 0.4) is 0 Å². The van der Waals surface area contributed by atoms with Crippen LogP contribution in [0.4, 0.5) is 0 Å². The van der Waals surface area contributed by atoms with Gasteiger partial charge in [0, 0.05) is 18.8 Å². The fraction of sp³-hybridized carbons (Fsp3) is 0.417. The van der Waals surface area contributed by atoms with Crippen molar-refractivity contribution < 1.29 is 9.15 Å². The Morgan fingerprint density at radius 2 is 2.35 bits per heavy atom. The molecule has 0 radical (unpaired) electrons. The van der Waals surface area contributed by atoms with Gasteiger partial charge in [-0.1, -0.05) is 23.9 Å². The smallest absolute Gasteiger partial charge is 0.256 e. The van der Waals surface area contributed by atoms with Crippen LogP contribution in [0.2, 0.25) is 0 Å². The van der Waals surface area contributed by atoms with Crippen molar-refractivity contribution in [3.05, 3.63) is 24.3 Å². The first-order chi connectivity index (χ1) is 8.42. The van der Waals surface area contributed by atoms with Crippen LogP contribution in [0, 0.1) is 0 Å². The molecule has 0 amide bonds. The van der Waals surface area contributed by atoms with E-state index in [9.17, 15) is 0 Å². The summed E-state index contributed by atoms with van der Waals surface area (Å²) in [4.78, 5) is 4.42. The van der Waals surface area contributed by atoms with E-state index in [-0.39, 0.29) is 6.10 Å². The Balaban J connectivity index is 1.64. The molecule has 1 aliphatic rings. The van der Waals surface area contributed by atoms with Crippen LogP contribution in [-0.2, 0) is 4.74 Å². The number of hydrogen-bond acceptors (Lipinski definition) is 5. The number of nitrogens with zero attached hydrogens (tertiary/aromatic N) is 1. The van der Waals surface area contributed by atoms with E-state index in [4.69, 9.17) is 9.15 Å². The lowest BCUT2D eigenvalue weighted by Crippen LogP contribution is -2.39. The standard InChI is InChI=1S/C12H14N2O2S/c1-2-4-11-10(3-1)14-12(16-11)17-8-9-7-13-5-6-15-9/h1-4,9,13H,5-8H2. The van der Waals surface area contributed by atoms with Crippen molar-refractivity contribution in [1.82, 2.24) is 10.3 Å². The van der Waals surface area contributed by atoms with Crippen molar-refractivity contribution in [1.29, 1.82) is 0 Å². The van der Waals surface area contributed by atoms with E-state index >= 15 is 0 Å². The topological polar surface area (TPSA) is 47.3 Å². The minimum atomic E-state index is 0.253. The largest absolute Gasteiger partial charge is 0.431 e. The Morgan fingerprint density at radius 3 is 3.18 bits per heavy atom. The molecule has 0 spiro atoms. The van der Waals surface area contributed by atoms with E-state index in [1.807, 2.05) is 24.3 Å². The predicted octanol–water partition coefficient (Wildman–Crippen LogP) is 1.91. The normalized spacial score (nSPS) is 20.8. The van der Waals surface area contributed by atoms with Crippen molar-refractivity contribution in [2.75, 3.05) is 25.4 Å². The highest BCUT2D eigenvalue weighted by Crippen LogP contribution is 2.24. The minimum Gasteiger partial charge on any atom is -0.431 e. The summed E-state index contributed by atoms with van der Waals surface area (Å²) in [5.41, 5.74) is 1.76. The van der Waals surface area contributed by atoms with Gasteiger partial charge in [-0.05, 0) is 12.1 Å². The molecule has 0 aliphatic carbocycles. The molecule has 90 valence electrons. The number of fused-ring (bicyclic) bond motifs is 1. The second-order valence-corrected chi connectivity index (χ2v) is 4.93. The monoisotopic (exact) mass is 250 g/mol. The molecule has 17 heavy (non-hydrogen) atoms. The van der Waals surface area contributed by atoms with Crippen LogP contribution < -0.4 is 5.32 Å². The van der Waals surface area contributed by atoms with Crippen LogP contribution in [0.25, 0.3) is 11.1 Å².